The van der Waals surface area contributed by atoms with Crippen LogP contribution in [-0.2, 0) is 33.3 Å². The van der Waals surface area contributed by atoms with Gasteiger partial charge in [-0.2, -0.15) is 0 Å². The van der Waals surface area contributed by atoms with E-state index in [1.807, 2.05) is 21.1 Å². The number of hydrogen-bond donors (Lipinski definition) is 1. The molecule has 0 heterocycles. The molecule has 0 aliphatic heterocycles. The lowest BCUT2D eigenvalue weighted by Gasteiger charge is -2.25. The Hall–Kier alpha value is -4.83. The summed E-state index contributed by atoms with van der Waals surface area (Å²) in [6.07, 6.45) is 116. The van der Waals surface area contributed by atoms with Crippen molar-refractivity contribution >= 4 is 17.9 Å². The molecule has 0 aromatic heterocycles. The molecule has 0 saturated carbocycles. The second kappa shape index (κ2) is 80.8. The van der Waals surface area contributed by atoms with E-state index in [4.69, 9.17) is 18.9 Å². The molecule has 9 nitrogen and oxygen atoms in total. The number of carbonyl (C=O) groups is 3. The molecule has 0 aromatic rings. The van der Waals surface area contributed by atoms with Gasteiger partial charge in [-0.05, 0) is 116 Å². The fraction of sp³-hybridized carbons (Fsp3) is 0.707. The van der Waals surface area contributed by atoms with Gasteiger partial charge in [-0.25, -0.2) is 4.79 Å². The van der Waals surface area contributed by atoms with Gasteiger partial charge in [0.2, 0.25) is 0 Å². The minimum Gasteiger partial charge on any atom is -0.477 e. The van der Waals surface area contributed by atoms with Crippen LogP contribution in [0.5, 0.6) is 0 Å². The highest BCUT2D eigenvalue weighted by Gasteiger charge is 2.25. The summed E-state index contributed by atoms with van der Waals surface area (Å²) in [6.45, 7) is 4.68. The highest BCUT2D eigenvalue weighted by Crippen LogP contribution is 2.19. The number of quaternary nitrogens is 1. The van der Waals surface area contributed by atoms with Gasteiger partial charge in [0.25, 0.3) is 6.29 Å². The van der Waals surface area contributed by atoms with E-state index in [1.54, 1.807) is 0 Å². The average molecular weight is 1410 g/mol. The number of ether oxygens (including phenoxy) is 4. The highest BCUT2D eigenvalue weighted by atomic mass is 16.7. The van der Waals surface area contributed by atoms with E-state index in [0.717, 1.165) is 116 Å². The van der Waals surface area contributed by atoms with Crippen LogP contribution in [0, 0.1) is 0 Å². The molecule has 9 heteroatoms. The van der Waals surface area contributed by atoms with Crippen molar-refractivity contribution in [2.24, 2.45) is 0 Å². The number of carbonyl (C=O) groups excluding carboxylic acids is 2. The lowest BCUT2D eigenvalue weighted by atomic mass is 10.0. The Morgan fingerprint density at radius 3 is 0.792 bits per heavy atom. The summed E-state index contributed by atoms with van der Waals surface area (Å²) >= 11 is 0. The molecule has 578 valence electrons. The average Bonchev–Trinajstić information content (AvgIpc) is 1.25. The Balaban J connectivity index is 3.99. The molecule has 0 spiro atoms. The largest absolute Gasteiger partial charge is 0.477 e. The van der Waals surface area contributed by atoms with Crippen molar-refractivity contribution in [2.45, 2.75) is 373 Å². The van der Waals surface area contributed by atoms with Gasteiger partial charge in [0.1, 0.15) is 13.2 Å². The maximum Gasteiger partial charge on any atom is 0.361 e. The second-order valence-corrected chi connectivity index (χ2v) is 29.0. The number of esters is 2. The van der Waals surface area contributed by atoms with Crippen molar-refractivity contribution in [3.63, 3.8) is 0 Å². The summed E-state index contributed by atoms with van der Waals surface area (Å²) in [7, 11) is 5.99. The molecule has 0 aromatic carbocycles. The van der Waals surface area contributed by atoms with Gasteiger partial charge >= 0.3 is 17.9 Å². The quantitative estimate of drug-likeness (QED) is 0.0211. The molecule has 0 radical (unpaired) electrons. The summed E-state index contributed by atoms with van der Waals surface area (Å²) in [5, 5.41) is 9.79. The number of unbranched alkanes of at least 4 members (excludes halogenated alkanes) is 38. The Labute approximate surface area is 623 Å². The van der Waals surface area contributed by atoms with Crippen LogP contribution in [0.25, 0.3) is 0 Å². The first-order chi connectivity index (χ1) is 49.6. The lowest BCUT2D eigenvalue weighted by molar-refractivity contribution is -0.870. The van der Waals surface area contributed by atoms with Crippen LogP contribution >= 0.6 is 0 Å². The van der Waals surface area contributed by atoms with Crippen molar-refractivity contribution in [1.82, 2.24) is 0 Å². The third-order valence-corrected chi connectivity index (χ3v) is 18.1. The number of rotatable bonds is 77. The normalized spacial score (nSPS) is 13.4. The zero-order chi connectivity index (χ0) is 73.2. The predicted octanol–water partition coefficient (Wildman–Crippen LogP) is 27.4. The third kappa shape index (κ3) is 82.3. The molecule has 0 aliphatic carbocycles. The van der Waals surface area contributed by atoms with Gasteiger partial charge in [0, 0.05) is 12.8 Å². The number of likely N-dealkylation sites (N-methyl/N-ethyl adjacent to an activating group) is 1. The van der Waals surface area contributed by atoms with Crippen molar-refractivity contribution in [2.75, 3.05) is 47.5 Å². The standard InChI is InChI=1S/C92H157NO8/c1-6-8-10-12-14-16-18-20-22-24-26-28-30-32-34-36-38-40-42-44-45-47-48-50-52-54-56-58-60-62-64-66-68-70-72-74-76-78-80-82-89(94)99-86-88(87-100-92(91(96)97)98-85-84-93(3,4)5)101-90(95)83-81-79-77-75-73-71-69-67-65-63-61-59-57-55-53-51-49-46-43-41-39-37-35-33-31-29-27-25-23-21-19-17-15-13-11-9-7-2/h8-11,14-17,20-23,26-29,32-35,39,41,46,49,88,92H,6-7,12-13,18-19,24-25,30-31,36-38,40,42-45,47-48,50-87H2,1-5H3/p+1/b10-8-,11-9-,16-14-,17-15-,22-20-,23-21-,28-26-,29-27-,34-32-,35-33-,41-39-,49-46-. The van der Waals surface area contributed by atoms with E-state index in [1.165, 1.54) is 218 Å². The van der Waals surface area contributed by atoms with Crippen LogP contribution in [0.3, 0.4) is 0 Å². The van der Waals surface area contributed by atoms with Crippen LogP contribution in [0.15, 0.2) is 146 Å². The molecular formula is C92H158NO8+. The fourth-order valence-corrected chi connectivity index (χ4v) is 11.8. The molecule has 2 atom stereocenters. The number of allylic oxidation sites excluding steroid dienone is 24. The van der Waals surface area contributed by atoms with E-state index in [-0.39, 0.29) is 32.2 Å². The number of carboxylic acid groups (broad SMARTS) is 1. The summed E-state index contributed by atoms with van der Waals surface area (Å²) < 4.78 is 23.1. The van der Waals surface area contributed by atoms with Gasteiger partial charge in [0.05, 0.1) is 34.4 Å². The van der Waals surface area contributed by atoms with E-state index in [2.05, 4.69) is 160 Å². The Bertz CT molecular complexity index is 2180. The molecule has 0 fully saturated rings. The van der Waals surface area contributed by atoms with Crippen molar-refractivity contribution in [1.29, 1.82) is 0 Å². The Morgan fingerprint density at radius 2 is 0.535 bits per heavy atom. The van der Waals surface area contributed by atoms with Gasteiger partial charge in [0.15, 0.2) is 6.10 Å². The number of aliphatic carboxylic acids is 1. The Morgan fingerprint density at radius 1 is 0.297 bits per heavy atom. The Kier molecular flexibility index (Phi) is 77.0. The zero-order valence-corrected chi connectivity index (χ0v) is 66.3. The SMILES string of the molecule is CC/C=C\C/C=C\C/C=C\C/C=C\C/C=C\C/C=C\C/C=C\CCCCCCCCCCCCCCCCCC(=O)OC(COC(=O)CCCCCCCCCCCCCCCCCCCCCCCCC/C=C\C/C=C\C/C=C\C/C=C\C/C=C\CC)COC(OCC[N+](C)(C)C)C(=O)O. The first-order valence-corrected chi connectivity index (χ1v) is 42.0. The summed E-state index contributed by atoms with van der Waals surface area (Å²) in [5.41, 5.74) is 0. The van der Waals surface area contributed by atoms with E-state index < -0.39 is 24.3 Å². The first-order valence-electron chi connectivity index (χ1n) is 42.0. The molecular weight excluding hydrogens is 1250 g/mol. The van der Waals surface area contributed by atoms with E-state index in [0.29, 0.717) is 17.4 Å². The smallest absolute Gasteiger partial charge is 0.361 e. The molecule has 101 heavy (non-hydrogen) atoms. The molecule has 0 rings (SSSR count). The van der Waals surface area contributed by atoms with Crippen molar-refractivity contribution in [3.05, 3.63) is 146 Å². The topological polar surface area (TPSA) is 108 Å². The van der Waals surface area contributed by atoms with E-state index >= 15 is 0 Å². The van der Waals surface area contributed by atoms with Crippen LogP contribution in [-0.4, -0.2) is 87.4 Å². The summed E-state index contributed by atoms with van der Waals surface area (Å²) in [4.78, 5) is 37.8. The first kappa shape index (κ1) is 96.2. The lowest BCUT2D eigenvalue weighted by Crippen LogP contribution is -2.40. The molecule has 0 aliphatic rings. The maximum absolute atomic E-state index is 13.0. The highest BCUT2D eigenvalue weighted by molar-refractivity contribution is 5.71. The van der Waals surface area contributed by atoms with Crippen LogP contribution in [0.1, 0.15) is 361 Å². The van der Waals surface area contributed by atoms with Crippen LogP contribution in [0.4, 0.5) is 0 Å². The number of hydrogen-bond acceptors (Lipinski definition) is 7. The minimum absolute atomic E-state index is 0.183. The zero-order valence-electron chi connectivity index (χ0n) is 66.3. The summed E-state index contributed by atoms with van der Waals surface area (Å²) in [5.74, 6) is -1.99. The van der Waals surface area contributed by atoms with Gasteiger partial charge < -0.3 is 28.5 Å². The monoisotopic (exact) mass is 1410 g/mol. The van der Waals surface area contributed by atoms with Crippen molar-refractivity contribution < 1.29 is 42.9 Å². The van der Waals surface area contributed by atoms with E-state index in [9.17, 15) is 19.5 Å². The number of carboxylic acids is 1. The van der Waals surface area contributed by atoms with Crippen LogP contribution in [0.2, 0.25) is 0 Å². The van der Waals surface area contributed by atoms with Gasteiger partial charge in [-0.3, -0.25) is 9.59 Å². The molecule has 0 amide bonds. The fourth-order valence-electron chi connectivity index (χ4n) is 11.8. The van der Waals surface area contributed by atoms with Gasteiger partial charge in [-0.15, -0.1) is 0 Å². The molecule has 1 N–H and O–H groups in total. The second-order valence-electron chi connectivity index (χ2n) is 29.0. The van der Waals surface area contributed by atoms with Crippen molar-refractivity contribution in [3.8, 4) is 0 Å². The third-order valence-electron chi connectivity index (χ3n) is 18.1. The maximum atomic E-state index is 13.0. The molecule has 0 saturated heterocycles. The molecule has 2 unspecified atom stereocenters. The minimum atomic E-state index is -1.52. The summed E-state index contributed by atoms with van der Waals surface area (Å²) in [6, 6.07) is 0. The number of nitrogens with zero attached hydrogens (tertiary/aromatic N) is 1. The van der Waals surface area contributed by atoms with Gasteiger partial charge in [-0.1, -0.05) is 378 Å². The molecule has 0 bridgehead atoms. The van der Waals surface area contributed by atoms with Crippen LogP contribution < -0.4 is 0 Å². The predicted molar refractivity (Wildman–Crippen MR) is 437 cm³/mol.